The zero-order valence-electron chi connectivity index (χ0n) is 25.3. The molecule has 0 saturated heterocycles. The zero-order chi connectivity index (χ0) is 33.4. The molecule has 0 fully saturated rings. The quantitative estimate of drug-likeness (QED) is 0.0992. The molecule has 16 heteroatoms. The third kappa shape index (κ3) is 13.2. The van der Waals surface area contributed by atoms with Crippen LogP contribution in [0.5, 0.6) is 5.75 Å². The summed E-state index contributed by atoms with van der Waals surface area (Å²) in [6, 6.07) is 0.786. The number of carboxylic acids is 1. The van der Waals surface area contributed by atoms with Crippen LogP contribution < -0.4 is 26.0 Å². The minimum absolute atomic E-state index is 0.0318. The lowest BCUT2D eigenvalue weighted by Gasteiger charge is -2.26. The van der Waals surface area contributed by atoms with E-state index in [0.717, 1.165) is 7.11 Å². The molecule has 4 amide bonds. The molecule has 16 nitrogen and oxygen atoms in total. The summed E-state index contributed by atoms with van der Waals surface area (Å²) >= 11 is 0. The number of carbonyl (C=O) groups is 6. The number of aliphatic carboxylic acids is 1. The number of esters is 1. The van der Waals surface area contributed by atoms with Gasteiger partial charge >= 0.3 is 18.0 Å². The van der Waals surface area contributed by atoms with Gasteiger partial charge in [0.15, 0.2) is 0 Å². The van der Waals surface area contributed by atoms with Crippen LogP contribution in [-0.4, -0.2) is 102 Å². The summed E-state index contributed by atoms with van der Waals surface area (Å²) in [6.07, 6.45) is -3.24. The molecular weight excluding hydrogens is 584 g/mol. The standard InChI is InChI=1S/C28H42N4O12/c1-15(2)12-20(27(40)43-5)30-24(37)19(10-11-22(35)36)29-25(38)21(13-33)31-26(39)23(16(3)34)32-28(41)44-14-17-6-8-18(42-4)9-7-17/h6-9,15-16,19-21,23,33-34H,10-14H2,1-5H3,(H,29,38)(H,30,37)(H,31,39)(H,32,41)(H,35,36). The lowest BCUT2D eigenvalue weighted by Crippen LogP contribution is -2.60. The molecule has 0 aliphatic rings. The number of carbonyl (C=O) groups excluding carboxylic acids is 5. The van der Waals surface area contributed by atoms with Crippen LogP contribution in [0.3, 0.4) is 0 Å². The monoisotopic (exact) mass is 626 g/mol. The first-order valence-electron chi connectivity index (χ1n) is 13.8. The smallest absolute Gasteiger partial charge is 0.408 e. The Hall–Kier alpha value is -4.44. The van der Waals surface area contributed by atoms with E-state index in [1.54, 1.807) is 38.1 Å². The van der Waals surface area contributed by atoms with Crippen molar-refractivity contribution in [3.05, 3.63) is 29.8 Å². The molecule has 7 N–H and O–H groups in total. The number of nitrogens with one attached hydrogen (secondary N) is 4. The van der Waals surface area contributed by atoms with Crippen molar-refractivity contribution in [3.8, 4) is 5.75 Å². The third-order valence-corrected chi connectivity index (χ3v) is 6.17. The van der Waals surface area contributed by atoms with Crippen LogP contribution in [0.1, 0.15) is 45.6 Å². The van der Waals surface area contributed by atoms with E-state index in [9.17, 15) is 39.0 Å². The van der Waals surface area contributed by atoms with Crippen molar-refractivity contribution in [2.45, 2.75) is 76.9 Å². The molecule has 5 unspecified atom stereocenters. The summed E-state index contributed by atoms with van der Waals surface area (Å²) in [5.41, 5.74) is 0.611. The predicted molar refractivity (Wildman–Crippen MR) is 153 cm³/mol. The van der Waals surface area contributed by atoms with Gasteiger partial charge in [0.2, 0.25) is 17.7 Å². The van der Waals surface area contributed by atoms with Gasteiger partial charge in [0.1, 0.15) is 36.5 Å². The highest BCUT2D eigenvalue weighted by atomic mass is 16.5. The molecule has 1 aromatic carbocycles. The van der Waals surface area contributed by atoms with Crippen molar-refractivity contribution in [2.24, 2.45) is 5.92 Å². The van der Waals surface area contributed by atoms with E-state index in [4.69, 9.17) is 19.3 Å². The SMILES string of the molecule is COC(=O)C(CC(C)C)NC(=O)C(CCC(=O)O)NC(=O)C(CO)NC(=O)C(NC(=O)OCc1ccc(OC)cc1)C(C)O. The van der Waals surface area contributed by atoms with Gasteiger partial charge in [0.25, 0.3) is 0 Å². The molecule has 1 rings (SSSR count). The first-order chi connectivity index (χ1) is 20.7. The molecule has 44 heavy (non-hydrogen) atoms. The van der Waals surface area contributed by atoms with E-state index in [0.29, 0.717) is 11.3 Å². The minimum atomic E-state index is -1.67. The number of rotatable bonds is 18. The number of aliphatic hydroxyl groups excluding tert-OH is 2. The Labute approximate surface area is 254 Å². The molecular formula is C28H42N4O12. The molecule has 0 aliphatic carbocycles. The van der Waals surface area contributed by atoms with Gasteiger partial charge in [-0.15, -0.1) is 0 Å². The lowest BCUT2D eigenvalue weighted by molar-refractivity contribution is -0.146. The first-order valence-corrected chi connectivity index (χ1v) is 13.8. The number of aliphatic hydroxyl groups is 2. The van der Waals surface area contributed by atoms with Crippen LogP contribution in [0, 0.1) is 5.92 Å². The molecule has 0 saturated carbocycles. The van der Waals surface area contributed by atoms with E-state index in [-0.39, 0.29) is 25.4 Å². The maximum atomic E-state index is 13.0. The molecule has 0 aliphatic heterocycles. The largest absolute Gasteiger partial charge is 0.497 e. The number of hydrogen-bond acceptors (Lipinski definition) is 11. The predicted octanol–water partition coefficient (Wildman–Crippen LogP) is -0.799. The Morgan fingerprint density at radius 1 is 0.818 bits per heavy atom. The number of alkyl carbamates (subject to hydrolysis) is 1. The molecule has 0 bridgehead atoms. The van der Waals surface area contributed by atoms with Crippen molar-refractivity contribution < 1.29 is 58.3 Å². The average molecular weight is 627 g/mol. The van der Waals surface area contributed by atoms with Crippen molar-refractivity contribution in [2.75, 3.05) is 20.8 Å². The molecule has 0 heterocycles. The molecule has 0 spiro atoms. The van der Waals surface area contributed by atoms with E-state index in [1.165, 1.54) is 14.0 Å². The Balaban J connectivity index is 2.93. The number of amides is 4. The first kappa shape index (κ1) is 37.6. The van der Waals surface area contributed by atoms with E-state index >= 15 is 0 Å². The van der Waals surface area contributed by atoms with Crippen LogP contribution in [-0.2, 0) is 40.1 Å². The van der Waals surface area contributed by atoms with Crippen LogP contribution >= 0.6 is 0 Å². The van der Waals surface area contributed by atoms with Gasteiger partial charge in [-0.1, -0.05) is 26.0 Å². The Morgan fingerprint density at radius 2 is 1.39 bits per heavy atom. The fourth-order valence-corrected chi connectivity index (χ4v) is 3.81. The summed E-state index contributed by atoms with van der Waals surface area (Å²) in [6.45, 7) is 3.67. The summed E-state index contributed by atoms with van der Waals surface area (Å²) in [5.74, 6) is -4.47. The maximum absolute atomic E-state index is 13.0. The molecule has 0 aromatic heterocycles. The minimum Gasteiger partial charge on any atom is -0.497 e. The molecule has 5 atom stereocenters. The van der Waals surface area contributed by atoms with E-state index in [2.05, 4.69) is 21.3 Å². The number of hydrogen-bond donors (Lipinski definition) is 7. The van der Waals surface area contributed by atoms with E-state index < -0.39 is 79.1 Å². The van der Waals surface area contributed by atoms with Crippen LogP contribution in [0.2, 0.25) is 0 Å². The van der Waals surface area contributed by atoms with Gasteiger partial charge < -0.3 is 50.8 Å². The number of methoxy groups -OCH3 is 2. The summed E-state index contributed by atoms with van der Waals surface area (Å²) < 4.78 is 14.8. The van der Waals surface area contributed by atoms with Gasteiger partial charge in [-0.25, -0.2) is 9.59 Å². The molecule has 246 valence electrons. The van der Waals surface area contributed by atoms with Crippen molar-refractivity contribution in [3.63, 3.8) is 0 Å². The lowest BCUT2D eigenvalue weighted by atomic mass is 10.0. The van der Waals surface area contributed by atoms with Crippen molar-refractivity contribution >= 4 is 35.8 Å². The zero-order valence-corrected chi connectivity index (χ0v) is 25.3. The average Bonchev–Trinajstić information content (AvgIpc) is 2.98. The fraction of sp³-hybridized carbons (Fsp3) is 0.571. The van der Waals surface area contributed by atoms with Crippen LogP contribution in [0.15, 0.2) is 24.3 Å². The normalized spacial score (nSPS) is 14.2. The highest BCUT2D eigenvalue weighted by molar-refractivity contribution is 5.95. The Kier molecular flexibility index (Phi) is 16.2. The molecule has 0 radical (unpaired) electrons. The van der Waals surface area contributed by atoms with E-state index in [1.807, 2.05) is 0 Å². The third-order valence-electron chi connectivity index (χ3n) is 6.17. The summed E-state index contributed by atoms with van der Waals surface area (Å²) in [7, 11) is 2.63. The highest BCUT2D eigenvalue weighted by Crippen LogP contribution is 2.12. The van der Waals surface area contributed by atoms with Crippen LogP contribution in [0.4, 0.5) is 4.79 Å². The Bertz CT molecular complexity index is 1130. The van der Waals surface area contributed by atoms with Gasteiger partial charge in [0, 0.05) is 6.42 Å². The van der Waals surface area contributed by atoms with Gasteiger partial charge in [-0.05, 0) is 43.4 Å². The second-order valence-corrected chi connectivity index (χ2v) is 10.2. The fourth-order valence-electron chi connectivity index (χ4n) is 3.81. The Morgan fingerprint density at radius 3 is 1.89 bits per heavy atom. The topological polar surface area (TPSA) is 239 Å². The second kappa shape index (κ2) is 19.0. The summed E-state index contributed by atoms with van der Waals surface area (Å²) in [5, 5.41) is 38.1. The van der Waals surface area contributed by atoms with Crippen molar-refractivity contribution in [1.82, 2.24) is 21.3 Å². The summed E-state index contributed by atoms with van der Waals surface area (Å²) in [4.78, 5) is 74.4. The van der Waals surface area contributed by atoms with Crippen molar-refractivity contribution in [1.29, 1.82) is 0 Å². The molecule has 1 aromatic rings. The highest BCUT2D eigenvalue weighted by Gasteiger charge is 2.33. The number of benzene rings is 1. The number of carboxylic acid groups (broad SMARTS) is 1. The number of ether oxygens (including phenoxy) is 3. The second-order valence-electron chi connectivity index (χ2n) is 10.2. The van der Waals surface area contributed by atoms with Gasteiger partial charge in [-0.2, -0.15) is 0 Å². The van der Waals surface area contributed by atoms with Gasteiger partial charge in [0.05, 0.1) is 26.9 Å². The van der Waals surface area contributed by atoms with Gasteiger partial charge in [-0.3, -0.25) is 19.2 Å². The maximum Gasteiger partial charge on any atom is 0.408 e. The van der Waals surface area contributed by atoms with Crippen LogP contribution in [0.25, 0.3) is 0 Å².